The molecule has 1 N–H and O–H groups in total. The van der Waals surface area contributed by atoms with Crippen LogP contribution in [-0.4, -0.2) is 44.2 Å². The number of nitrogens with one attached hydrogen (secondary N) is 1. The van der Waals surface area contributed by atoms with Gasteiger partial charge in [-0.2, -0.15) is 0 Å². The van der Waals surface area contributed by atoms with Crippen LogP contribution in [0.2, 0.25) is 0 Å². The summed E-state index contributed by atoms with van der Waals surface area (Å²) in [6, 6.07) is 6.11. The highest BCUT2D eigenvalue weighted by Gasteiger charge is 2.35. The molecule has 0 spiro atoms. The molecule has 3 rings (SSSR count). The molecule has 0 aromatic heterocycles. The number of hydrogen-bond acceptors (Lipinski definition) is 3. The van der Waals surface area contributed by atoms with Gasteiger partial charge in [0.1, 0.15) is 0 Å². The van der Waals surface area contributed by atoms with Crippen LogP contribution in [0, 0.1) is 5.41 Å². The molecule has 20 heavy (non-hydrogen) atoms. The summed E-state index contributed by atoms with van der Waals surface area (Å²) in [7, 11) is 1.88. The molecule has 0 bridgehead atoms. The van der Waals surface area contributed by atoms with Crippen LogP contribution in [0.25, 0.3) is 0 Å². The second-order valence-electron chi connectivity index (χ2n) is 6.37. The lowest BCUT2D eigenvalue weighted by molar-refractivity contribution is -0.109. The number of amides is 1. The Bertz CT molecular complexity index is 523. The zero-order chi connectivity index (χ0) is 14.2. The van der Waals surface area contributed by atoms with Gasteiger partial charge in [-0.15, -0.1) is 0 Å². The molecule has 0 unspecified atom stereocenters. The van der Waals surface area contributed by atoms with Gasteiger partial charge in [-0.05, 0) is 36.2 Å². The highest BCUT2D eigenvalue weighted by molar-refractivity contribution is 5.94. The first-order valence-electron chi connectivity index (χ1n) is 7.23. The van der Waals surface area contributed by atoms with Crippen molar-refractivity contribution in [2.45, 2.75) is 19.9 Å². The summed E-state index contributed by atoms with van der Waals surface area (Å²) in [5.74, 6) is 0.103. The van der Waals surface area contributed by atoms with E-state index in [1.54, 1.807) is 0 Å². The number of carbonyl (C=O) groups is 1. The van der Waals surface area contributed by atoms with Gasteiger partial charge in [-0.3, -0.25) is 4.79 Å². The monoisotopic (exact) mass is 274 g/mol. The summed E-state index contributed by atoms with van der Waals surface area (Å²) in [5, 5.41) is 3.35. The van der Waals surface area contributed by atoms with E-state index in [1.807, 2.05) is 24.1 Å². The minimum absolute atomic E-state index is 0.103. The second kappa shape index (κ2) is 5.19. The Morgan fingerprint density at radius 1 is 1.40 bits per heavy atom. The van der Waals surface area contributed by atoms with Gasteiger partial charge < -0.3 is 15.0 Å². The van der Waals surface area contributed by atoms with Gasteiger partial charge in [-0.25, -0.2) is 0 Å². The molecule has 2 aliphatic heterocycles. The Morgan fingerprint density at radius 2 is 2.20 bits per heavy atom. The summed E-state index contributed by atoms with van der Waals surface area (Å²) < 4.78 is 5.25. The van der Waals surface area contributed by atoms with Crippen LogP contribution in [0.1, 0.15) is 28.4 Å². The molecule has 0 aliphatic carbocycles. The summed E-state index contributed by atoms with van der Waals surface area (Å²) in [6.45, 7) is 6.31. The number of ether oxygens (including phenoxy) is 1. The van der Waals surface area contributed by atoms with E-state index in [4.69, 9.17) is 4.74 Å². The third kappa shape index (κ3) is 2.58. The average molecular weight is 274 g/mol. The number of carbonyl (C=O) groups excluding carboxylic acids is 1. The zero-order valence-corrected chi connectivity index (χ0v) is 12.2. The predicted molar refractivity (Wildman–Crippen MR) is 77.7 cm³/mol. The van der Waals surface area contributed by atoms with E-state index in [0.29, 0.717) is 0 Å². The van der Waals surface area contributed by atoms with E-state index in [9.17, 15) is 4.79 Å². The molecule has 4 heteroatoms. The molecule has 4 nitrogen and oxygen atoms in total. The fourth-order valence-electron chi connectivity index (χ4n) is 3.02. The maximum atomic E-state index is 12.5. The molecule has 1 aromatic carbocycles. The summed E-state index contributed by atoms with van der Waals surface area (Å²) in [4.78, 5) is 14.3. The summed E-state index contributed by atoms with van der Waals surface area (Å²) >= 11 is 0. The molecule has 0 radical (unpaired) electrons. The smallest absolute Gasteiger partial charge is 0.253 e. The molecule has 1 amide bonds. The van der Waals surface area contributed by atoms with Crippen molar-refractivity contribution in [3.8, 4) is 0 Å². The van der Waals surface area contributed by atoms with Crippen molar-refractivity contribution in [3.63, 3.8) is 0 Å². The van der Waals surface area contributed by atoms with Gasteiger partial charge in [0, 0.05) is 31.1 Å². The van der Waals surface area contributed by atoms with Gasteiger partial charge in [-0.1, -0.05) is 13.0 Å². The fourth-order valence-corrected chi connectivity index (χ4v) is 3.02. The van der Waals surface area contributed by atoms with Crippen LogP contribution < -0.4 is 5.32 Å². The summed E-state index contributed by atoms with van der Waals surface area (Å²) in [5.41, 5.74) is 3.54. The molecule has 1 aromatic rings. The van der Waals surface area contributed by atoms with Gasteiger partial charge in [0.05, 0.1) is 13.2 Å². The second-order valence-corrected chi connectivity index (χ2v) is 6.37. The lowest BCUT2D eigenvalue weighted by atomic mass is 9.88. The van der Waals surface area contributed by atoms with Gasteiger partial charge in [0.15, 0.2) is 0 Å². The van der Waals surface area contributed by atoms with Gasteiger partial charge >= 0.3 is 0 Å². The highest BCUT2D eigenvalue weighted by Crippen LogP contribution is 2.27. The molecule has 0 atom stereocenters. The van der Waals surface area contributed by atoms with Crippen molar-refractivity contribution in [2.75, 3.05) is 33.4 Å². The number of fused-ring (bicyclic) bond motifs is 1. The molecule has 1 saturated heterocycles. The lowest BCUT2D eigenvalue weighted by Gasteiger charge is -2.40. The van der Waals surface area contributed by atoms with E-state index in [2.05, 4.69) is 18.3 Å². The number of nitrogens with zero attached hydrogens (tertiary/aromatic N) is 1. The number of benzene rings is 1. The minimum atomic E-state index is 0.103. The quantitative estimate of drug-likeness (QED) is 0.907. The number of rotatable bonds is 3. The predicted octanol–water partition coefficient (Wildman–Crippen LogP) is 1.44. The van der Waals surface area contributed by atoms with Crippen molar-refractivity contribution >= 4 is 5.91 Å². The first-order chi connectivity index (χ1) is 9.57. The Hall–Kier alpha value is -1.39. The number of hydrogen-bond donors (Lipinski definition) is 1. The summed E-state index contributed by atoms with van der Waals surface area (Å²) in [6.07, 6.45) is 1.05. The Morgan fingerprint density at radius 3 is 2.90 bits per heavy atom. The normalized spacial score (nSPS) is 19.9. The Labute approximate surface area is 120 Å². The minimum Gasteiger partial charge on any atom is -0.380 e. The van der Waals surface area contributed by atoms with Crippen molar-refractivity contribution in [1.82, 2.24) is 10.2 Å². The topological polar surface area (TPSA) is 41.6 Å². The van der Waals surface area contributed by atoms with Crippen LogP contribution >= 0.6 is 0 Å². The van der Waals surface area contributed by atoms with E-state index < -0.39 is 0 Å². The highest BCUT2D eigenvalue weighted by atomic mass is 16.5. The van der Waals surface area contributed by atoms with Crippen LogP contribution in [0.3, 0.4) is 0 Å². The largest absolute Gasteiger partial charge is 0.380 e. The SMILES string of the molecule is CN(CC1(C)COC1)C(=O)c1ccc2c(c1)CNCC2. The molecule has 2 aliphatic rings. The Balaban J connectivity index is 1.73. The van der Waals surface area contributed by atoms with Crippen molar-refractivity contribution in [3.05, 3.63) is 34.9 Å². The van der Waals surface area contributed by atoms with Crippen LogP contribution in [-0.2, 0) is 17.7 Å². The van der Waals surface area contributed by atoms with Gasteiger partial charge in [0.25, 0.3) is 5.91 Å². The average Bonchev–Trinajstić information content (AvgIpc) is 2.44. The van der Waals surface area contributed by atoms with Gasteiger partial charge in [0.2, 0.25) is 0 Å². The molecular formula is C16H22N2O2. The first-order valence-corrected chi connectivity index (χ1v) is 7.23. The fraction of sp³-hybridized carbons (Fsp3) is 0.562. The maximum Gasteiger partial charge on any atom is 0.253 e. The maximum absolute atomic E-state index is 12.5. The van der Waals surface area contributed by atoms with Crippen LogP contribution in [0.5, 0.6) is 0 Å². The van der Waals surface area contributed by atoms with Crippen LogP contribution in [0.15, 0.2) is 18.2 Å². The molecule has 0 saturated carbocycles. The van der Waals surface area contributed by atoms with E-state index >= 15 is 0 Å². The van der Waals surface area contributed by atoms with Crippen molar-refractivity contribution < 1.29 is 9.53 Å². The molecule has 1 fully saturated rings. The molecule has 2 heterocycles. The molecule has 108 valence electrons. The molecular weight excluding hydrogens is 252 g/mol. The van der Waals surface area contributed by atoms with Crippen LogP contribution in [0.4, 0.5) is 0 Å². The van der Waals surface area contributed by atoms with E-state index in [-0.39, 0.29) is 11.3 Å². The Kier molecular flexibility index (Phi) is 3.52. The van der Waals surface area contributed by atoms with Crippen molar-refractivity contribution in [2.24, 2.45) is 5.41 Å². The lowest BCUT2D eigenvalue weighted by Crippen LogP contribution is -2.49. The third-order valence-corrected chi connectivity index (χ3v) is 4.21. The first kappa shape index (κ1) is 13.6. The van der Waals surface area contributed by atoms with E-state index in [0.717, 1.165) is 44.8 Å². The van der Waals surface area contributed by atoms with Crippen molar-refractivity contribution in [1.29, 1.82) is 0 Å². The van der Waals surface area contributed by atoms with E-state index in [1.165, 1.54) is 11.1 Å². The third-order valence-electron chi connectivity index (χ3n) is 4.21. The standard InChI is InChI=1S/C16H22N2O2/c1-16(10-20-11-16)9-18(2)15(19)13-4-3-12-5-6-17-8-14(12)7-13/h3-4,7,17H,5-6,8-11H2,1-2H3. The zero-order valence-electron chi connectivity index (χ0n) is 12.2.